The summed E-state index contributed by atoms with van der Waals surface area (Å²) in [5.41, 5.74) is 0.119. The van der Waals surface area contributed by atoms with E-state index in [1.807, 2.05) is 0 Å². The van der Waals surface area contributed by atoms with Crippen LogP contribution in [-0.2, 0) is 15.9 Å². The van der Waals surface area contributed by atoms with E-state index >= 15 is 0 Å². The van der Waals surface area contributed by atoms with Crippen molar-refractivity contribution >= 4 is 17.8 Å². The molecule has 1 aliphatic heterocycles. The number of carboxylic acid groups (broad SMARTS) is 1. The van der Waals surface area contributed by atoms with Crippen LogP contribution in [0.1, 0.15) is 21.7 Å². The van der Waals surface area contributed by atoms with Crippen LogP contribution in [0.15, 0.2) is 24.4 Å². The van der Waals surface area contributed by atoms with E-state index in [-0.39, 0.29) is 31.0 Å². The van der Waals surface area contributed by atoms with Crippen LogP contribution in [0.2, 0.25) is 0 Å². The Kier molecular flexibility index (Phi) is 5.74. The standard InChI is InChI=1S/C21H20F2N4O5/c1-11-3-4-27-16(9-13-10-26(5-6-32-13)21(30)31-2)18(25-20(27)24-11)17-14(22)7-12(19(28)29)8-15(17)23/h3-4,7-8,13H,5-6,9-10H2,1-2H3,(H,28,29)/t13-/m0/s1. The quantitative estimate of drug-likeness (QED) is 0.657. The van der Waals surface area contributed by atoms with E-state index in [1.54, 1.807) is 23.6 Å². The Labute approximate surface area is 181 Å². The summed E-state index contributed by atoms with van der Waals surface area (Å²) in [7, 11) is 1.29. The summed E-state index contributed by atoms with van der Waals surface area (Å²) in [5, 5.41) is 9.08. The Morgan fingerprint density at radius 3 is 2.66 bits per heavy atom. The fraction of sp³-hybridized carbons (Fsp3) is 0.333. The first-order chi connectivity index (χ1) is 15.3. The van der Waals surface area contributed by atoms with Crippen LogP contribution in [0.4, 0.5) is 13.6 Å². The molecule has 11 heteroatoms. The molecule has 168 valence electrons. The van der Waals surface area contributed by atoms with Gasteiger partial charge in [0.15, 0.2) is 0 Å². The number of hydrogen-bond donors (Lipinski definition) is 1. The largest absolute Gasteiger partial charge is 0.478 e. The van der Waals surface area contributed by atoms with Crippen LogP contribution >= 0.6 is 0 Å². The maximum Gasteiger partial charge on any atom is 0.409 e. The van der Waals surface area contributed by atoms with Crippen molar-refractivity contribution in [3.05, 3.63) is 53.0 Å². The molecule has 4 rings (SSSR count). The molecule has 0 radical (unpaired) electrons. The average Bonchev–Trinajstić information content (AvgIpc) is 3.09. The zero-order chi connectivity index (χ0) is 23.0. The van der Waals surface area contributed by atoms with Crippen molar-refractivity contribution < 1.29 is 33.0 Å². The smallest absolute Gasteiger partial charge is 0.409 e. The van der Waals surface area contributed by atoms with Gasteiger partial charge in [0, 0.05) is 24.9 Å². The molecular formula is C21H20F2N4O5. The molecule has 0 bridgehead atoms. The van der Waals surface area contributed by atoms with Crippen LogP contribution in [0, 0.1) is 18.6 Å². The van der Waals surface area contributed by atoms with E-state index in [4.69, 9.17) is 14.6 Å². The number of methoxy groups -OCH3 is 1. The highest BCUT2D eigenvalue weighted by molar-refractivity contribution is 5.88. The Balaban J connectivity index is 1.80. The van der Waals surface area contributed by atoms with E-state index in [0.29, 0.717) is 17.9 Å². The van der Waals surface area contributed by atoms with Gasteiger partial charge in [-0.2, -0.15) is 0 Å². The molecule has 0 unspecified atom stereocenters. The predicted octanol–water partition coefficient (Wildman–Crippen LogP) is 2.69. The number of halogens is 2. The lowest BCUT2D eigenvalue weighted by Crippen LogP contribution is -2.46. The number of amides is 1. The molecule has 2 aromatic heterocycles. The van der Waals surface area contributed by atoms with Crippen molar-refractivity contribution in [3.8, 4) is 11.3 Å². The van der Waals surface area contributed by atoms with Gasteiger partial charge in [0.2, 0.25) is 5.78 Å². The third kappa shape index (κ3) is 3.98. The predicted molar refractivity (Wildman–Crippen MR) is 107 cm³/mol. The Hall–Kier alpha value is -3.60. The van der Waals surface area contributed by atoms with Gasteiger partial charge in [-0.1, -0.05) is 0 Å². The summed E-state index contributed by atoms with van der Waals surface area (Å²) in [6.07, 6.45) is 0.891. The Morgan fingerprint density at radius 1 is 1.28 bits per heavy atom. The molecule has 3 heterocycles. The maximum atomic E-state index is 14.9. The molecule has 0 spiro atoms. The lowest BCUT2D eigenvalue weighted by atomic mass is 10.0. The molecule has 3 aromatic rings. The monoisotopic (exact) mass is 446 g/mol. The number of carbonyl (C=O) groups excluding carboxylic acids is 1. The molecule has 32 heavy (non-hydrogen) atoms. The van der Waals surface area contributed by atoms with Crippen LogP contribution in [-0.4, -0.2) is 69.3 Å². The molecule has 0 saturated carbocycles. The Morgan fingerprint density at radius 2 is 2.00 bits per heavy atom. The highest BCUT2D eigenvalue weighted by Gasteiger charge is 2.29. The van der Waals surface area contributed by atoms with Crippen molar-refractivity contribution in [2.75, 3.05) is 26.8 Å². The fourth-order valence-electron chi connectivity index (χ4n) is 3.74. The average molecular weight is 446 g/mol. The van der Waals surface area contributed by atoms with Gasteiger partial charge in [-0.15, -0.1) is 0 Å². The molecule has 1 saturated heterocycles. The number of aromatic carboxylic acids is 1. The van der Waals surface area contributed by atoms with Gasteiger partial charge in [0.05, 0.1) is 43.2 Å². The number of hydrogen-bond acceptors (Lipinski definition) is 6. The summed E-state index contributed by atoms with van der Waals surface area (Å²) in [6.45, 7) is 2.62. The highest BCUT2D eigenvalue weighted by atomic mass is 19.1. The summed E-state index contributed by atoms with van der Waals surface area (Å²) in [4.78, 5) is 33.2. The summed E-state index contributed by atoms with van der Waals surface area (Å²) in [6, 6.07) is 3.23. The Bertz CT molecular complexity index is 1190. The van der Waals surface area contributed by atoms with Gasteiger partial charge in [-0.3, -0.25) is 4.40 Å². The third-order valence-electron chi connectivity index (χ3n) is 5.25. The van der Waals surface area contributed by atoms with E-state index in [2.05, 4.69) is 9.97 Å². The van der Waals surface area contributed by atoms with E-state index in [9.17, 15) is 18.4 Å². The zero-order valence-corrected chi connectivity index (χ0v) is 17.3. The normalized spacial score (nSPS) is 16.4. The van der Waals surface area contributed by atoms with Gasteiger partial charge in [-0.25, -0.2) is 28.3 Å². The number of carboxylic acids is 1. The number of fused-ring (bicyclic) bond motifs is 1. The number of nitrogens with zero attached hydrogens (tertiary/aromatic N) is 4. The molecule has 9 nitrogen and oxygen atoms in total. The minimum atomic E-state index is -1.44. The topological polar surface area (TPSA) is 106 Å². The van der Waals surface area contributed by atoms with E-state index < -0.39 is 40.9 Å². The minimum absolute atomic E-state index is 0.00571. The number of morpholine rings is 1. The molecule has 1 N–H and O–H groups in total. The third-order valence-corrected chi connectivity index (χ3v) is 5.25. The van der Waals surface area contributed by atoms with Crippen molar-refractivity contribution in [3.63, 3.8) is 0 Å². The summed E-state index contributed by atoms with van der Waals surface area (Å²) in [5.74, 6) is -3.31. The van der Waals surface area contributed by atoms with Gasteiger partial charge >= 0.3 is 12.1 Å². The maximum absolute atomic E-state index is 14.9. The number of ether oxygens (including phenoxy) is 2. The van der Waals surface area contributed by atoms with Crippen LogP contribution in [0.25, 0.3) is 17.0 Å². The number of aromatic nitrogens is 3. The SMILES string of the molecule is COC(=O)N1CCO[C@@H](Cc2c(-c3c(F)cc(C(=O)O)cc3F)nc3nc(C)ccn23)C1. The van der Waals surface area contributed by atoms with Crippen molar-refractivity contribution in [1.29, 1.82) is 0 Å². The molecule has 1 fully saturated rings. The van der Waals surface area contributed by atoms with E-state index in [1.165, 1.54) is 12.0 Å². The van der Waals surface area contributed by atoms with Crippen LogP contribution in [0.5, 0.6) is 0 Å². The van der Waals surface area contributed by atoms with E-state index in [0.717, 1.165) is 12.1 Å². The van der Waals surface area contributed by atoms with Gasteiger partial charge in [0.25, 0.3) is 0 Å². The fourth-order valence-corrected chi connectivity index (χ4v) is 3.74. The zero-order valence-electron chi connectivity index (χ0n) is 17.3. The molecular weight excluding hydrogens is 426 g/mol. The van der Waals surface area contributed by atoms with Crippen LogP contribution < -0.4 is 0 Å². The number of aryl methyl sites for hydroxylation is 1. The molecule has 1 amide bonds. The van der Waals surface area contributed by atoms with Gasteiger partial charge in [0.1, 0.15) is 17.3 Å². The number of rotatable bonds is 4. The lowest BCUT2D eigenvalue weighted by molar-refractivity contribution is -0.0241. The summed E-state index contributed by atoms with van der Waals surface area (Å²) < 4.78 is 41.9. The molecule has 0 aliphatic carbocycles. The van der Waals surface area contributed by atoms with Gasteiger partial charge in [-0.05, 0) is 25.1 Å². The molecule has 1 aliphatic rings. The first-order valence-electron chi connectivity index (χ1n) is 9.80. The molecule has 1 aromatic carbocycles. The van der Waals surface area contributed by atoms with Crippen molar-refractivity contribution in [2.45, 2.75) is 19.4 Å². The second-order valence-corrected chi connectivity index (χ2v) is 7.38. The number of carbonyl (C=O) groups is 2. The summed E-state index contributed by atoms with van der Waals surface area (Å²) >= 11 is 0. The molecule has 1 atom stereocenters. The number of imidazole rings is 1. The van der Waals surface area contributed by atoms with Crippen molar-refractivity contribution in [2.24, 2.45) is 0 Å². The minimum Gasteiger partial charge on any atom is -0.478 e. The second-order valence-electron chi connectivity index (χ2n) is 7.38. The lowest BCUT2D eigenvalue weighted by Gasteiger charge is -2.32. The van der Waals surface area contributed by atoms with Gasteiger partial charge < -0.3 is 19.5 Å². The van der Waals surface area contributed by atoms with Crippen LogP contribution in [0.3, 0.4) is 0 Å². The first-order valence-corrected chi connectivity index (χ1v) is 9.80. The van der Waals surface area contributed by atoms with Crippen molar-refractivity contribution in [1.82, 2.24) is 19.3 Å². The highest BCUT2D eigenvalue weighted by Crippen LogP contribution is 2.31. The second kappa shape index (κ2) is 8.50. The first kappa shape index (κ1) is 21.6. The number of benzene rings is 1.